The van der Waals surface area contributed by atoms with E-state index < -0.39 is 0 Å². The lowest BCUT2D eigenvalue weighted by Crippen LogP contribution is -2.15. The summed E-state index contributed by atoms with van der Waals surface area (Å²) in [5.74, 6) is 2.77. The molecule has 2 aromatic rings. The fourth-order valence-electron chi connectivity index (χ4n) is 2.62. The predicted octanol–water partition coefficient (Wildman–Crippen LogP) is 2.98. The lowest BCUT2D eigenvalue weighted by atomic mass is 10.1. The quantitative estimate of drug-likeness (QED) is 0.920. The highest BCUT2D eigenvalue weighted by atomic mass is 79.9. The number of rotatable bonds is 4. The van der Waals surface area contributed by atoms with Crippen molar-refractivity contribution in [3.8, 4) is 5.75 Å². The first-order valence-corrected chi connectivity index (χ1v) is 8.03. The van der Waals surface area contributed by atoms with E-state index in [1.165, 1.54) is 12.8 Å². The van der Waals surface area contributed by atoms with Crippen LogP contribution in [0.25, 0.3) is 0 Å². The molecule has 0 amide bonds. The first-order valence-electron chi connectivity index (χ1n) is 7.24. The zero-order chi connectivity index (χ0) is 14.8. The van der Waals surface area contributed by atoms with Gasteiger partial charge in [-0.2, -0.15) is 0 Å². The molecule has 0 radical (unpaired) electrons. The van der Waals surface area contributed by atoms with Crippen LogP contribution in [0.3, 0.4) is 0 Å². The van der Waals surface area contributed by atoms with Gasteiger partial charge in [-0.3, -0.25) is 0 Å². The van der Waals surface area contributed by atoms with Crippen molar-refractivity contribution in [1.29, 1.82) is 0 Å². The standard InChI is InChI=1S/C15H19BrN4O/c1-10(17)12-8-11(16)5-6-13(12)21-9-15-19-18-14-4-2-3-7-20(14)15/h5-6,8,10H,2-4,7,9,17H2,1H3/t10-/m0/s1. The Labute approximate surface area is 132 Å². The van der Waals surface area contributed by atoms with Gasteiger partial charge in [0, 0.05) is 29.0 Å². The van der Waals surface area contributed by atoms with Crippen molar-refractivity contribution in [2.24, 2.45) is 5.73 Å². The van der Waals surface area contributed by atoms with E-state index in [1.807, 2.05) is 25.1 Å². The van der Waals surface area contributed by atoms with Crippen LogP contribution in [0.15, 0.2) is 22.7 Å². The molecule has 0 aliphatic carbocycles. The number of halogens is 1. The highest BCUT2D eigenvalue weighted by Gasteiger charge is 2.17. The van der Waals surface area contributed by atoms with Gasteiger partial charge >= 0.3 is 0 Å². The van der Waals surface area contributed by atoms with Gasteiger partial charge in [-0.1, -0.05) is 15.9 Å². The number of fused-ring (bicyclic) bond motifs is 1. The zero-order valence-corrected chi connectivity index (χ0v) is 13.6. The third kappa shape index (κ3) is 3.11. The Hall–Kier alpha value is -1.40. The molecule has 1 aromatic carbocycles. The predicted molar refractivity (Wildman–Crippen MR) is 84.0 cm³/mol. The molecular weight excluding hydrogens is 332 g/mol. The lowest BCUT2D eigenvalue weighted by Gasteiger charge is -2.17. The number of aromatic nitrogens is 3. The number of nitrogens with zero attached hydrogens (tertiary/aromatic N) is 3. The summed E-state index contributed by atoms with van der Waals surface area (Å²) in [6.07, 6.45) is 3.39. The third-order valence-corrected chi connectivity index (χ3v) is 4.25. The van der Waals surface area contributed by atoms with Crippen molar-refractivity contribution < 1.29 is 4.74 Å². The Kier molecular flexibility index (Phi) is 4.26. The summed E-state index contributed by atoms with van der Waals surface area (Å²) in [7, 11) is 0. The summed E-state index contributed by atoms with van der Waals surface area (Å²) in [5.41, 5.74) is 7.00. The maximum absolute atomic E-state index is 6.01. The van der Waals surface area contributed by atoms with Crippen molar-refractivity contribution in [1.82, 2.24) is 14.8 Å². The highest BCUT2D eigenvalue weighted by molar-refractivity contribution is 9.10. The van der Waals surface area contributed by atoms with Crippen molar-refractivity contribution in [2.75, 3.05) is 0 Å². The number of hydrogen-bond donors (Lipinski definition) is 1. The maximum atomic E-state index is 6.01. The fourth-order valence-corrected chi connectivity index (χ4v) is 3.00. The van der Waals surface area contributed by atoms with Crippen LogP contribution in [0.4, 0.5) is 0 Å². The second-order valence-electron chi connectivity index (χ2n) is 5.40. The SMILES string of the molecule is C[C@H](N)c1cc(Br)ccc1OCc1nnc2n1CCCC2. The topological polar surface area (TPSA) is 66.0 Å². The third-order valence-electron chi connectivity index (χ3n) is 3.76. The van der Waals surface area contributed by atoms with Gasteiger partial charge in [-0.15, -0.1) is 10.2 Å². The molecule has 0 saturated heterocycles. The molecule has 2 N–H and O–H groups in total. The summed E-state index contributed by atoms with van der Waals surface area (Å²) in [6.45, 7) is 3.36. The smallest absolute Gasteiger partial charge is 0.171 e. The fraction of sp³-hybridized carbons (Fsp3) is 0.467. The van der Waals surface area contributed by atoms with Crippen molar-refractivity contribution >= 4 is 15.9 Å². The number of nitrogens with two attached hydrogens (primary N) is 1. The number of benzene rings is 1. The van der Waals surface area contributed by atoms with E-state index in [2.05, 4.69) is 30.7 Å². The van der Waals surface area contributed by atoms with Crippen molar-refractivity contribution in [3.63, 3.8) is 0 Å². The van der Waals surface area contributed by atoms with E-state index in [0.717, 1.165) is 40.4 Å². The molecule has 1 atom stereocenters. The Bertz CT molecular complexity index is 639. The monoisotopic (exact) mass is 350 g/mol. The molecule has 1 aliphatic heterocycles. The molecule has 5 nitrogen and oxygen atoms in total. The summed E-state index contributed by atoms with van der Waals surface area (Å²) < 4.78 is 9.12. The number of hydrogen-bond acceptors (Lipinski definition) is 4. The molecule has 6 heteroatoms. The van der Waals surface area contributed by atoms with Gasteiger partial charge in [-0.25, -0.2) is 0 Å². The highest BCUT2D eigenvalue weighted by Crippen LogP contribution is 2.28. The van der Waals surface area contributed by atoms with Gasteiger partial charge in [0.2, 0.25) is 0 Å². The summed E-state index contributed by atoms with van der Waals surface area (Å²) >= 11 is 3.47. The van der Waals surface area contributed by atoms with Crippen LogP contribution in [0, 0.1) is 0 Å². The molecule has 21 heavy (non-hydrogen) atoms. The van der Waals surface area contributed by atoms with Crippen LogP contribution in [0.5, 0.6) is 5.75 Å². The molecular formula is C15H19BrN4O. The first-order chi connectivity index (χ1) is 10.1. The van der Waals surface area contributed by atoms with Gasteiger partial charge < -0.3 is 15.0 Å². The number of aryl methyl sites for hydroxylation is 1. The second-order valence-corrected chi connectivity index (χ2v) is 6.32. The van der Waals surface area contributed by atoms with Gasteiger partial charge in [0.1, 0.15) is 18.2 Å². The average Bonchev–Trinajstić information content (AvgIpc) is 2.89. The maximum Gasteiger partial charge on any atom is 0.171 e. The van der Waals surface area contributed by atoms with Gasteiger partial charge in [0.15, 0.2) is 5.82 Å². The molecule has 0 spiro atoms. The summed E-state index contributed by atoms with van der Waals surface area (Å²) in [5, 5.41) is 8.49. The zero-order valence-electron chi connectivity index (χ0n) is 12.1. The lowest BCUT2D eigenvalue weighted by molar-refractivity contribution is 0.282. The van der Waals surface area contributed by atoms with Crippen molar-refractivity contribution in [3.05, 3.63) is 39.9 Å². The number of ether oxygens (including phenoxy) is 1. The molecule has 1 aromatic heterocycles. The minimum Gasteiger partial charge on any atom is -0.485 e. The largest absolute Gasteiger partial charge is 0.485 e. The minimum absolute atomic E-state index is 0.0789. The molecule has 1 aliphatic rings. The van der Waals surface area contributed by atoms with E-state index in [4.69, 9.17) is 10.5 Å². The van der Waals surface area contributed by atoms with Crippen LogP contribution in [-0.4, -0.2) is 14.8 Å². The van der Waals surface area contributed by atoms with E-state index >= 15 is 0 Å². The molecule has 3 rings (SSSR count). The van der Waals surface area contributed by atoms with Gasteiger partial charge in [-0.05, 0) is 38.0 Å². The molecule has 2 heterocycles. The van der Waals surface area contributed by atoms with Gasteiger partial charge in [0.25, 0.3) is 0 Å². The van der Waals surface area contributed by atoms with Crippen LogP contribution < -0.4 is 10.5 Å². The van der Waals surface area contributed by atoms with Crippen molar-refractivity contribution in [2.45, 2.75) is 45.4 Å². The van der Waals surface area contributed by atoms with E-state index in [-0.39, 0.29) is 6.04 Å². The average molecular weight is 351 g/mol. The van der Waals surface area contributed by atoms with E-state index in [0.29, 0.717) is 6.61 Å². The van der Waals surface area contributed by atoms with E-state index in [1.54, 1.807) is 0 Å². The molecule has 0 fully saturated rings. The minimum atomic E-state index is -0.0789. The molecule has 0 saturated carbocycles. The van der Waals surface area contributed by atoms with Crippen LogP contribution in [0.2, 0.25) is 0 Å². The Morgan fingerprint density at radius 1 is 1.38 bits per heavy atom. The Morgan fingerprint density at radius 2 is 2.24 bits per heavy atom. The molecule has 0 bridgehead atoms. The normalized spacial score (nSPS) is 15.6. The Balaban J connectivity index is 1.77. The summed E-state index contributed by atoms with van der Waals surface area (Å²) in [4.78, 5) is 0. The first kappa shape index (κ1) is 14.5. The molecule has 112 valence electrons. The molecule has 0 unspecified atom stereocenters. The van der Waals surface area contributed by atoms with Gasteiger partial charge in [0.05, 0.1) is 0 Å². The van der Waals surface area contributed by atoms with Crippen LogP contribution in [-0.2, 0) is 19.6 Å². The van der Waals surface area contributed by atoms with Crippen LogP contribution in [0.1, 0.15) is 43.0 Å². The van der Waals surface area contributed by atoms with E-state index in [9.17, 15) is 0 Å². The summed E-state index contributed by atoms with van der Waals surface area (Å²) in [6, 6.07) is 5.82. The Morgan fingerprint density at radius 3 is 3.05 bits per heavy atom. The second kappa shape index (κ2) is 6.15. The van der Waals surface area contributed by atoms with Crippen LogP contribution >= 0.6 is 15.9 Å².